The van der Waals surface area contributed by atoms with Crippen LogP contribution in [0.25, 0.3) is 0 Å². The second kappa shape index (κ2) is 6.87. The van der Waals surface area contributed by atoms with Gasteiger partial charge in [0.2, 0.25) is 5.91 Å². The molecule has 0 spiro atoms. The Morgan fingerprint density at radius 2 is 2.56 bits per heavy atom. The maximum atomic E-state index is 12.1. The minimum atomic E-state index is 0.0376. The minimum Gasteiger partial charge on any atom is -0.380 e. The molecule has 1 fully saturated rings. The summed E-state index contributed by atoms with van der Waals surface area (Å²) in [7, 11) is 1.70. The first-order valence-electron chi connectivity index (χ1n) is 6.56. The van der Waals surface area contributed by atoms with Crippen LogP contribution in [-0.4, -0.2) is 63.4 Å². The van der Waals surface area contributed by atoms with E-state index in [2.05, 4.69) is 11.4 Å². The summed E-state index contributed by atoms with van der Waals surface area (Å²) in [6.45, 7) is 4.56. The first kappa shape index (κ1) is 13.5. The monoisotopic (exact) mass is 254 g/mol. The van der Waals surface area contributed by atoms with Crippen LogP contribution in [0.2, 0.25) is 0 Å². The maximum Gasteiger partial charge on any atom is 0.225 e. The highest BCUT2D eigenvalue weighted by molar-refractivity contribution is 5.77. The van der Waals surface area contributed by atoms with Gasteiger partial charge in [-0.15, -0.1) is 0 Å². The molecule has 2 heterocycles. The highest BCUT2D eigenvalue weighted by Crippen LogP contribution is 2.13. The van der Waals surface area contributed by atoms with Crippen molar-refractivity contribution in [3.8, 4) is 0 Å². The average molecular weight is 254 g/mol. The Morgan fingerprint density at radius 3 is 3.17 bits per heavy atom. The van der Waals surface area contributed by atoms with E-state index in [1.807, 2.05) is 4.90 Å². The van der Waals surface area contributed by atoms with Crippen LogP contribution in [-0.2, 0) is 14.3 Å². The number of nitrogens with zero attached hydrogens (tertiary/aromatic N) is 1. The summed E-state index contributed by atoms with van der Waals surface area (Å²) in [5.74, 6) is 0.191. The second-order valence-corrected chi connectivity index (χ2v) is 4.79. The van der Waals surface area contributed by atoms with Gasteiger partial charge in [-0.3, -0.25) is 4.79 Å². The number of morpholine rings is 1. The van der Waals surface area contributed by atoms with Crippen LogP contribution in [0.5, 0.6) is 0 Å². The summed E-state index contributed by atoms with van der Waals surface area (Å²) in [5.41, 5.74) is 1.29. The van der Waals surface area contributed by atoms with Gasteiger partial charge in [0.25, 0.3) is 0 Å². The molecular formula is C13H22N2O3. The van der Waals surface area contributed by atoms with E-state index >= 15 is 0 Å². The number of rotatable bonds is 4. The third kappa shape index (κ3) is 3.80. The summed E-state index contributed by atoms with van der Waals surface area (Å²) in [4.78, 5) is 14.0. The fraction of sp³-hybridized carbons (Fsp3) is 0.769. The SMILES string of the molecule is COCC1=CCN(C(=O)CC2CNCCO2)CC1. The van der Waals surface area contributed by atoms with Crippen LogP contribution in [0.4, 0.5) is 0 Å². The quantitative estimate of drug-likeness (QED) is 0.727. The van der Waals surface area contributed by atoms with Crippen molar-refractivity contribution in [2.45, 2.75) is 18.9 Å². The summed E-state index contributed by atoms with van der Waals surface area (Å²) < 4.78 is 10.7. The molecule has 2 rings (SSSR count). The van der Waals surface area contributed by atoms with Crippen molar-refractivity contribution in [2.24, 2.45) is 0 Å². The zero-order valence-electron chi connectivity index (χ0n) is 11.0. The lowest BCUT2D eigenvalue weighted by atomic mass is 10.1. The number of hydrogen-bond donors (Lipinski definition) is 1. The number of carbonyl (C=O) groups excluding carboxylic acids is 1. The van der Waals surface area contributed by atoms with Crippen molar-refractivity contribution in [2.75, 3.05) is 46.5 Å². The lowest BCUT2D eigenvalue weighted by Crippen LogP contribution is -2.43. The largest absolute Gasteiger partial charge is 0.380 e. The normalized spacial score (nSPS) is 24.8. The van der Waals surface area contributed by atoms with Crippen molar-refractivity contribution in [1.29, 1.82) is 0 Å². The molecule has 2 aliphatic heterocycles. The molecule has 0 aliphatic carbocycles. The molecule has 5 nitrogen and oxygen atoms in total. The molecule has 5 heteroatoms. The van der Waals surface area contributed by atoms with Gasteiger partial charge in [-0.1, -0.05) is 6.08 Å². The van der Waals surface area contributed by atoms with E-state index in [9.17, 15) is 4.79 Å². The number of carbonyl (C=O) groups is 1. The van der Waals surface area contributed by atoms with Gasteiger partial charge >= 0.3 is 0 Å². The second-order valence-electron chi connectivity index (χ2n) is 4.79. The molecule has 1 N–H and O–H groups in total. The summed E-state index contributed by atoms with van der Waals surface area (Å²) in [6, 6.07) is 0. The summed E-state index contributed by atoms with van der Waals surface area (Å²) in [5, 5.41) is 3.24. The van der Waals surface area contributed by atoms with E-state index in [1.165, 1.54) is 5.57 Å². The number of amides is 1. The molecule has 102 valence electrons. The number of hydrogen-bond acceptors (Lipinski definition) is 4. The maximum absolute atomic E-state index is 12.1. The first-order chi connectivity index (χ1) is 8.79. The van der Waals surface area contributed by atoms with Gasteiger partial charge in [0.15, 0.2) is 0 Å². The van der Waals surface area contributed by atoms with Gasteiger partial charge in [-0.2, -0.15) is 0 Å². The van der Waals surface area contributed by atoms with Gasteiger partial charge in [0.05, 0.1) is 25.7 Å². The van der Waals surface area contributed by atoms with Crippen LogP contribution in [0, 0.1) is 0 Å². The van der Waals surface area contributed by atoms with Gasteiger partial charge in [0, 0.05) is 33.3 Å². The molecule has 1 atom stereocenters. The molecule has 0 aromatic heterocycles. The first-order valence-corrected chi connectivity index (χ1v) is 6.56. The smallest absolute Gasteiger partial charge is 0.225 e. The van der Waals surface area contributed by atoms with E-state index < -0.39 is 0 Å². The molecule has 0 aromatic carbocycles. The van der Waals surface area contributed by atoms with Gasteiger partial charge in [-0.05, 0) is 12.0 Å². The predicted molar refractivity (Wildman–Crippen MR) is 68.4 cm³/mol. The molecule has 18 heavy (non-hydrogen) atoms. The highest BCUT2D eigenvalue weighted by atomic mass is 16.5. The Morgan fingerprint density at radius 1 is 1.67 bits per heavy atom. The van der Waals surface area contributed by atoms with E-state index in [0.29, 0.717) is 26.2 Å². The number of nitrogens with one attached hydrogen (secondary N) is 1. The molecule has 1 amide bonds. The third-order valence-electron chi connectivity index (χ3n) is 3.39. The van der Waals surface area contributed by atoms with Crippen LogP contribution in [0.3, 0.4) is 0 Å². The fourth-order valence-corrected chi connectivity index (χ4v) is 2.33. The van der Waals surface area contributed by atoms with Crippen molar-refractivity contribution in [3.63, 3.8) is 0 Å². The Kier molecular flexibility index (Phi) is 5.16. The summed E-state index contributed by atoms with van der Waals surface area (Å²) in [6.07, 6.45) is 3.55. The van der Waals surface area contributed by atoms with Crippen LogP contribution >= 0.6 is 0 Å². The highest BCUT2D eigenvalue weighted by Gasteiger charge is 2.22. The summed E-state index contributed by atoms with van der Waals surface area (Å²) >= 11 is 0. The fourth-order valence-electron chi connectivity index (χ4n) is 2.33. The predicted octanol–water partition coefficient (Wildman–Crippen LogP) is 0.170. The van der Waals surface area contributed by atoms with Gasteiger partial charge < -0.3 is 19.7 Å². The van der Waals surface area contributed by atoms with E-state index in [1.54, 1.807) is 7.11 Å². The lowest BCUT2D eigenvalue weighted by Gasteiger charge is -2.29. The minimum absolute atomic E-state index is 0.0376. The van der Waals surface area contributed by atoms with Crippen LogP contribution in [0.15, 0.2) is 11.6 Å². The van der Waals surface area contributed by atoms with Gasteiger partial charge in [0.1, 0.15) is 0 Å². The van der Waals surface area contributed by atoms with Crippen molar-refractivity contribution >= 4 is 5.91 Å². The molecule has 2 aliphatic rings. The zero-order valence-corrected chi connectivity index (χ0v) is 11.0. The van der Waals surface area contributed by atoms with E-state index in [0.717, 1.165) is 26.1 Å². The Balaban J connectivity index is 1.76. The Labute approximate surface area is 108 Å². The van der Waals surface area contributed by atoms with Crippen molar-refractivity contribution < 1.29 is 14.3 Å². The average Bonchev–Trinajstić information content (AvgIpc) is 2.41. The molecule has 0 saturated carbocycles. The van der Waals surface area contributed by atoms with Gasteiger partial charge in [-0.25, -0.2) is 0 Å². The Hall–Kier alpha value is -0.910. The third-order valence-corrected chi connectivity index (χ3v) is 3.39. The van der Waals surface area contributed by atoms with E-state index in [-0.39, 0.29) is 12.0 Å². The number of methoxy groups -OCH3 is 1. The van der Waals surface area contributed by atoms with Crippen molar-refractivity contribution in [1.82, 2.24) is 10.2 Å². The molecule has 1 unspecified atom stereocenters. The van der Waals surface area contributed by atoms with Crippen molar-refractivity contribution in [3.05, 3.63) is 11.6 Å². The van der Waals surface area contributed by atoms with Crippen LogP contribution < -0.4 is 5.32 Å². The molecule has 0 aromatic rings. The molecular weight excluding hydrogens is 232 g/mol. The zero-order chi connectivity index (χ0) is 12.8. The topological polar surface area (TPSA) is 50.8 Å². The van der Waals surface area contributed by atoms with Crippen LogP contribution in [0.1, 0.15) is 12.8 Å². The Bertz CT molecular complexity index is 311. The number of ether oxygens (including phenoxy) is 2. The molecule has 0 radical (unpaired) electrons. The molecule has 0 bridgehead atoms. The lowest BCUT2D eigenvalue weighted by molar-refractivity contribution is -0.134. The standard InChI is InChI=1S/C13H22N2O3/c1-17-10-11-2-5-15(6-3-11)13(16)8-12-9-14-4-7-18-12/h2,12,14H,3-10H2,1H3. The van der Waals surface area contributed by atoms with E-state index in [4.69, 9.17) is 9.47 Å². The molecule has 1 saturated heterocycles.